The lowest BCUT2D eigenvalue weighted by Gasteiger charge is -2.18. The smallest absolute Gasteiger partial charge is 0.307 e. The molecule has 15 heavy (non-hydrogen) atoms. The number of unbranched alkanes of at least 4 members (excludes halogenated alkanes) is 3. The molecule has 0 aliphatic carbocycles. The van der Waals surface area contributed by atoms with Gasteiger partial charge >= 0.3 is 5.97 Å². The number of hydrogen-bond donors (Lipinski definition) is 2. The molecule has 0 saturated heterocycles. The fraction of sp³-hybridized carbons (Fsp3) is 0.917. The largest absolute Gasteiger partial charge is 0.481 e. The number of thiol groups is 1. The predicted molar refractivity (Wildman–Crippen MR) is 67.6 cm³/mol. The van der Waals surface area contributed by atoms with Crippen molar-refractivity contribution in [2.24, 2.45) is 5.92 Å². The Morgan fingerprint density at radius 1 is 1.13 bits per heavy atom. The Labute approximate surface area is 98.9 Å². The van der Waals surface area contributed by atoms with Crippen LogP contribution in [-0.4, -0.2) is 16.3 Å². The maximum absolute atomic E-state index is 11.0. The van der Waals surface area contributed by atoms with Gasteiger partial charge in [0.05, 0.1) is 5.92 Å². The van der Waals surface area contributed by atoms with Gasteiger partial charge in [0.25, 0.3) is 0 Å². The van der Waals surface area contributed by atoms with Crippen LogP contribution in [0.15, 0.2) is 0 Å². The van der Waals surface area contributed by atoms with Crippen molar-refractivity contribution >= 4 is 18.6 Å². The van der Waals surface area contributed by atoms with E-state index >= 15 is 0 Å². The first-order valence-electron chi connectivity index (χ1n) is 6.04. The molecule has 0 radical (unpaired) electrons. The first-order valence-corrected chi connectivity index (χ1v) is 6.56. The molecule has 90 valence electrons. The molecule has 2 atom stereocenters. The normalized spacial score (nSPS) is 14.9. The minimum atomic E-state index is -0.681. The van der Waals surface area contributed by atoms with Gasteiger partial charge in [-0.3, -0.25) is 4.79 Å². The second kappa shape index (κ2) is 9.08. The number of carbonyl (C=O) groups is 1. The lowest BCUT2D eigenvalue weighted by Crippen LogP contribution is -2.24. The summed E-state index contributed by atoms with van der Waals surface area (Å²) in [5.74, 6) is -0.940. The van der Waals surface area contributed by atoms with Crippen LogP contribution in [0.5, 0.6) is 0 Å². The van der Waals surface area contributed by atoms with E-state index in [1.165, 1.54) is 12.8 Å². The highest BCUT2D eigenvalue weighted by Crippen LogP contribution is 2.22. The Morgan fingerprint density at radius 2 is 1.73 bits per heavy atom. The van der Waals surface area contributed by atoms with Crippen molar-refractivity contribution in [1.82, 2.24) is 0 Å². The summed E-state index contributed by atoms with van der Waals surface area (Å²) in [6.07, 6.45) is 7.19. The van der Waals surface area contributed by atoms with Crippen LogP contribution in [0.25, 0.3) is 0 Å². The molecule has 0 aromatic carbocycles. The third-order valence-electron chi connectivity index (χ3n) is 2.75. The lowest BCUT2D eigenvalue weighted by molar-refractivity contribution is -0.142. The van der Waals surface area contributed by atoms with E-state index in [1.807, 2.05) is 0 Å². The Hall–Kier alpha value is -0.180. The van der Waals surface area contributed by atoms with Gasteiger partial charge in [-0.1, -0.05) is 46.0 Å². The highest BCUT2D eigenvalue weighted by molar-refractivity contribution is 7.81. The van der Waals surface area contributed by atoms with Crippen LogP contribution in [-0.2, 0) is 4.79 Å². The van der Waals surface area contributed by atoms with Crippen molar-refractivity contribution in [3.05, 3.63) is 0 Å². The van der Waals surface area contributed by atoms with Crippen molar-refractivity contribution in [3.8, 4) is 0 Å². The minimum Gasteiger partial charge on any atom is -0.481 e. The zero-order valence-electron chi connectivity index (χ0n) is 9.91. The highest BCUT2D eigenvalue weighted by Gasteiger charge is 2.24. The quantitative estimate of drug-likeness (QED) is 0.469. The van der Waals surface area contributed by atoms with Crippen molar-refractivity contribution in [3.63, 3.8) is 0 Å². The van der Waals surface area contributed by atoms with E-state index in [0.29, 0.717) is 0 Å². The molecular formula is C12H24O2S. The Morgan fingerprint density at radius 3 is 2.20 bits per heavy atom. The Balaban J connectivity index is 3.93. The SMILES string of the molecule is CCCCCC(S)C(CCCC)C(=O)O. The van der Waals surface area contributed by atoms with Gasteiger partial charge in [-0.25, -0.2) is 0 Å². The fourth-order valence-electron chi connectivity index (χ4n) is 1.71. The van der Waals surface area contributed by atoms with Gasteiger partial charge in [-0.2, -0.15) is 12.6 Å². The number of rotatable bonds is 9. The third kappa shape index (κ3) is 6.82. The second-order valence-electron chi connectivity index (χ2n) is 4.15. The monoisotopic (exact) mass is 232 g/mol. The van der Waals surface area contributed by atoms with Crippen LogP contribution >= 0.6 is 12.6 Å². The van der Waals surface area contributed by atoms with Gasteiger partial charge < -0.3 is 5.11 Å². The second-order valence-corrected chi connectivity index (χ2v) is 4.81. The summed E-state index contributed by atoms with van der Waals surface area (Å²) in [6, 6.07) is 0. The van der Waals surface area contributed by atoms with Gasteiger partial charge in [0.15, 0.2) is 0 Å². The maximum atomic E-state index is 11.0. The lowest BCUT2D eigenvalue weighted by atomic mass is 9.95. The molecule has 0 heterocycles. The standard InChI is InChI=1S/C12H24O2S/c1-3-5-7-9-11(15)10(12(13)14)8-6-4-2/h10-11,15H,3-9H2,1-2H3,(H,13,14). The number of hydrogen-bond acceptors (Lipinski definition) is 2. The van der Waals surface area contributed by atoms with Crippen molar-refractivity contribution < 1.29 is 9.90 Å². The summed E-state index contributed by atoms with van der Waals surface area (Å²) >= 11 is 4.43. The van der Waals surface area contributed by atoms with E-state index in [1.54, 1.807) is 0 Å². The first kappa shape index (κ1) is 14.8. The summed E-state index contributed by atoms with van der Waals surface area (Å²) in [7, 11) is 0. The zero-order chi connectivity index (χ0) is 11.7. The molecule has 0 amide bonds. The van der Waals surface area contributed by atoms with Gasteiger partial charge in [-0.05, 0) is 12.8 Å². The van der Waals surface area contributed by atoms with Gasteiger partial charge in [0, 0.05) is 5.25 Å². The van der Waals surface area contributed by atoms with Crippen LogP contribution in [0.3, 0.4) is 0 Å². The maximum Gasteiger partial charge on any atom is 0.307 e. The average molecular weight is 232 g/mol. The molecule has 2 nitrogen and oxygen atoms in total. The zero-order valence-corrected chi connectivity index (χ0v) is 10.8. The number of aliphatic carboxylic acids is 1. The summed E-state index contributed by atoms with van der Waals surface area (Å²) in [5.41, 5.74) is 0. The third-order valence-corrected chi connectivity index (χ3v) is 3.37. The molecule has 3 heteroatoms. The van der Waals surface area contributed by atoms with Crippen molar-refractivity contribution in [2.45, 2.75) is 64.0 Å². The van der Waals surface area contributed by atoms with E-state index < -0.39 is 5.97 Å². The molecule has 0 rings (SSSR count). The summed E-state index contributed by atoms with van der Waals surface area (Å²) < 4.78 is 0. The molecule has 0 aromatic rings. The van der Waals surface area contributed by atoms with E-state index in [0.717, 1.165) is 32.1 Å². The highest BCUT2D eigenvalue weighted by atomic mass is 32.1. The molecule has 1 N–H and O–H groups in total. The van der Waals surface area contributed by atoms with Crippen LogP contribution in [0.1, 0.15) is 58.8 Å². The summed E-state index contributed by atoms with van der Waals surface area (Å²) in [6.45, 7) is 4.24. The van der Waals surface area contributed by atoms with Gasteiger partial charge in [0.1, 0.15) is 0 Å². The number of carboxylic acids is 1. The van der Waals surface area contributed by atoms with E-state index in [9.17, 15) is 4.79 Å². The minimum absolute atomic E-state index is 0.0283. The van der Waals surface area contributed by atoms with Crippen molar-refractivity contribution in [2.75, 3.05) is 0 Å². The van der Waals surface area contributed by atoms with E-state index in [-0.39, 0.29) is 11.2 Å². The van der Waals surface area contributed by atoms with Crippen LogP contribution in [0, 0.1) is 5.92 Å². The molecule has 0 bridgehead atoms. The van der Waals surface area contributed by atoms with Crippen LogP contribution < -0.4 is 0 Å². The molecule has 0 spiro atoms. The molecule has 0 aliphatic heterocycles. The van der Waals surface area contributed by atoms with E-state index in [2.05, 4.69) is 26.5 Å². The van der Waals surface area contributed by atoms with Crippen LogP contribution in [0.2, 0.25) is 0 Å². The Kier molecular flexibility index (Phi) is 8.97. The van der Waals surface area contributed by atoms with Gasteiger partial charge in [-0.15, -0.1) is 0 Å². The van der Waals surface area contributed by atoms with E-state index in [4.69, 9.17) is 5.11 Å². The van der Waals surface area contributed by atoms with Crippen molar-refractivity contribution in [1.29, 1.82) is 0 Å². The molecule has 2 unspecified atom stereocenters. The molecule has 0 fully saturated rings. The molecule has 0 aliphatic rings. The molecule has 0 saturated carbocycles. The topological polar surface area (TPSA) is 37.3 Å². The summed E-state index contributed by atoms with van der Waals surface area (Å²) in [5, 5.41) is 9.11. The summed E-state index contributed by atoms with van der Waals surface area (Å²) in [4.78, 5) is 11.0. The van der Waals surface area contributed by atoms with Crippen LogP contribution in [0.4, 0.5) is 0 Å². The molecular weight excluding hydrogens is 208 g/mol. The predicted octanol–water partition coefficient (Wildman–Crippen LogP) is 3.76. The fourth-order valence-corrected chi connectivity index (χ4v) is 2.17. The average Bonchev–Trinajstić information content (AvgIpc) is 2.18. The number of carboxylic acid groups (broad SMARTS) is 1. The molecule has 0 aromatic heterocycles. The van der Waals surface area contributed by atoms with Gasteiger partial charge in [0.2, 0.25) is 0 Å². The first-order chi connectivity index (χ1) is 7.13. The Bertz CT molecular complexity index is 171.